The molecule has 2 rings (SSSR count). The van der Waals surface area contributed by atoms with Crippen LogP contribution in [0.4, 0.5) is 0 Å². The Balaban J connectivity index is 2.52. The van der Waals surface area contributed by atoms with Crippen molar-refractivity contribution in [3.8, 4) is 5.75 Å². The van der Waals surface area contributed by atoms with Crippen LogP contribution in [0.15, 0.2) is 36.4 Å². The first-order valence-electron chi connectivity index (χ1n) is 6.54. The Labute approximate surface area is 113 Å². The molecule has 0 aliphatic carbocycles. The number of carbonyl (C=O) groups excluding carboxylic acids is 1. The van der Waals surface area contributed by atoms with Gasteiger partial charge in [0.25, 0.3) is 5.91 Å². The topological polar surface area (TPSA) is 38.3 Å². The lowest BCUT2D eigenvalue weighted by atomic mass is 10.0. The summed E-state index contributed by atoms with van der Waals surface area (Å²) in [6.45, 7) is 4.04. The van der Waals surface area contributed by atoms with Crippen molar-refractivity contribution in [1.29, 1.82) is 0 Å². The number of hydrogen-bond donors (Lipinski definition) is 1. The van der Waals surface area contributed by atoms with Crippen molar-refractivity contribution in [2.24, 2.45) is 0 Å². The average Bonchev–Trinajstić information content (AvgIpc) is 2.45. The summed E-state index contributed by atoms with van der Waals surface area (Å²) in [5, 5.41) is 4.95. The predicted octanol–water partition coefficient (Wildman–Crippen LogP) is 3.38. The highest BCUT2D eigenvalue weighted by molar-refractivity contribution is 6.09. The zero-order valence-corrected chi connectivity index (χ0v) is 11.6. The first-order valence-corrected chi connectivity index (χ1v) is 6.54. The van der Waals surface area contributed by atoms with Crippen LogP contribution >= 0.6 is 0 Å². The lowest BCUT2D eigenvalue weighted by molar-refractivity contribution is 0.0938. The van der Waals surface area contributed by atoms with Crippen LogP contribution < -0.4 is 10.1 Å². The molecule has 0 unspecified atom stereocenters. The monoisotopic (exact) mass is 257 g/mol. The molecule has 0 spiro atoms. The largest absolute Gasteiger partial charge is 0.496 e. The maximum absolute atomic E-state index is 12.4. The number of nitrogens with one attached hydrogen (secondary N) is 1. The molecule has 3 nitrogen and oxygen atoms in total. The molecule has 1 amide bonds. The molecule has 0 saturated carbocycles. The number of hydrogen-bond acceptors (Lipinski definition) is 2. The predicted molar refractivity (Wildman–Crippen MR) is 77.7 cm³/mol. The summed E-state index contributed by atoms with van der Waals surface area (Å²) < 4.78 is 5.33. The average molecular weight is 257 g/mol. The van der Waals surface area contributed by atoms with Crippen LogP contribution in [0.25, 0.3) is 10.8 Å². The second kappa shape index (κ2) is 5.74. The molecule has 19 heavy (non-hydrogen) atoms. The van der Waals surface area contributed by atoms with Gasteiger partial charge in [-0.2, -0.15) is 0 Å². The number of rotatable bonds is 4. The van der Waals surface area contributed by atoms with Crippen molar-refractivity contribution in [3.63, 3.8) is 0 Å². The molecule has 3 heteroatoms. The summed E-state index contributed by atoms with van der Waals surface area (Å²) in [6, 6.07) is 11.8. The van der Waals surface area contributed by atoms with E-state index in [9.17, 15) is 4.79 Å². The maximum Gasteiger partial charge on any atom is 0.255 e. The molecule has 0 radical (unpaired) electrons. The Morgan fingerprint density at radius 3 is 2.68 bits per heavy atom. The minimum atomic E-state index is -0.0806. The molecule has 2 aromatic rings. The molecule has 0 bridgehead atoms. The fraction of sp³-hybridized carbons (Fsp3) is 0.312. The van der Waals surface area contributed by atoms with Crippen molar-refractivity contribution in [1.82, 2.24) is 5.32 Å². The summed E-state index contributed by atoms with van der Waals surface area (Å²) in [5.41, 5.74) is 0.612. The summed E-state index contributed by atoms with van der Waals surface area (Å²) >= 11 is 0. The molecule has 0 aliphatic rings. The van der Waals surface area contributed by atoms with E-state index in [-0.39, 0.29) is 11.9 Å². The molecular formula is C16H19NO2. The lowest BCUT2D eigenvalue weighted by Crippen LogP contribution is -2.32. The molecule has 1 N–H and O–H groups in total. The van der Waals surface area contributed by atoms with Gasteiger partial charge in [0, 0.05) is 6.04 Å². The maximum atomic E-state index is 12.4. The van der Waals surface area contributed by atoms with Crippen LogP contribution in [0.1, 0.15) is 30.6 Å². The smallest absolute Gasteiger partial charge is 0.255 e. The first-order chi connectivity index (χ1) is 9.17. The fourth-order valence-electron chi connectivity index (χ4n) is 2.05. The van der Waals surface area contributed by atoms with E-state index in [1.807, 2.05) is 50.2 Å². The highest BCUT2D eigenvalue weighted by atomic mass is 16.5. The van der Waals surface area contributed by atoms with Gasteiger partial charge in [0.1, 0.15) is 5.75 Å². The molecule has 100 valence electrons. The Morgan fingerprint density at radius 1 is 1.26 bits per heavy atom. The summed E-state index contributed by atoms with van der Waals surface area (Å²) in [6.07, 6.45) is 0.902. The van der Waals surface area contributed by atoms with Crippen LogP contribution in [0.5, 0.6) is 5.75 Å². The van der Waals surface area contributed by atoms with Crippen molar-refractivity contribution >= 4 is 16.7 Å². The Morgan fingerprint density at radius 2 is 2.00 bits per heavy atom. The van der Waals surface area contributed by atoms with Gasteiger partial charge in [-0.15, -0.1) is 0 Å². The molecule has 0 aromatic heterocycles. The third-order valence-corrected chi connectivity index (χ3v) is 3.33. The Bertz CT molecular complexity index is 592. The third kappa shape index (κ3) is 2.70. The molecule has 1 atom stereocenters. The fourth-order valence-corrected chi connectivity index (χ4v) is 2.05. The molecule has 0 heterocycles. The van der Waals surface area contributed by atoms with Gasteiger partial charge in [-0.25, -0.2) is 0 Å². The second-order valence-corrected chi connectivity index (χ2v) is 4.65. The highest BCUT2D eigenvalue weighted by Crippen LogP contribution is 2.27. The number of ether oxygens (including phenoxy) is 1. The summed E-state index contributed by atoms with van der Waals surface area (Å²) in [7, 11) is 1.59. The van der Waals surface area contributed by atoms with E-state index in [0.717, 1.165) is 17.2 Å². The third-order valence-electron chi connectivity index (χ3n) is 3.33. The van der Waals surface area contributed by atoms with Crippen LogP contribution in [-0.4, -0.2) is 19.1 Å². The van der Waals surface area contributed by atoms with Gasteiger partial charge >= 0.3 is 0 Å². The molecule has 0 fully saturated rings. The van der Waals surface area contributed by atoms with E-state index in [2.05, 4.69) is 5.32 Å². The number of benzene rings is 2. The summed E-state index contributed by atoms with van der Waals surface area (Å²) in [4.78, 5) is 12.4. The lowest BCUT2D eigenvalue weighted by Gasteiger charge is -2.15. The van der Waals surface area contributed by atoms with Gasteiger partial charge in [-0.1, -0.05) is 37.3 Å². The van der Waals surface area contributed by atoms with Crippen LogP contribution in [0, 0.1) is 0 Å². The van der Waals surface area contributed by atoms with E-state index in [1.54, 1.807) is 7.11 Å². The number of carbonyl (C=O) groups is 1. The Kier molecular flexibility index (Phi) is 4.05. The molecule has 0 aliphatic heterocycles. The number of amides is 1. The van der Waals surface area contributed by atoms with Crippen molar-refractivity contribution < 1.29 is 9.53 Å². The standard InChI is InChI=1S/C16H19NO2/c1-4-11(2)17-16(18)15-13-8-6-5-7-12(13)9-10-14(15)19-3/h5-11H,4H2,1-3H3,(H,17,18)/t11-/m1/s1. The second-order valence-electron chi connectivity index (χ2n) is 4.65. The normalized spacial score (nSPS) is 12.2. The summed E-state index contributed by atoms with van der Waals surface area (Å²) in [5.74, 6) is 0.530. The van der Waals surface area contributed by atoms with Crippen LogP contribution in [-0.2, 0) is 0 Å². The van der Waals surface area contributed by atoms with Gasteiger partial charge in [0.05, 0.1) is 12.7 Å². The van der Waals surface area contributed by atoms with Gasteiger partial charge in [0.15, 0.2) is 0 Å². The van der Waals surface area contributed by atoms with Crippen LogP contribution in [0.3, 0.4) is 0 Å². The quantitative estimate of drug-likeness (QED) is 0.912. The van der Waals surface area contributed by atoms with Gasteiger partial charge in [-0.3, -0.25) is 4.79 Å². The zero-order valence-electron chi connectivity index (χ0n) is 11.6. The van der Waals surface area contributed by atoms with Crippen molar-refractivity contribution in [2.75, 3.05) is 7.11 Å². The zero-order chi connectivity index (χ0) is 13.8. The first kappa shape index (κ1) is 13.4. The number of fused-ring (bicyclic) bond motifs is 1. The van der Waals surface area contributed by atoms with E-state index in [0.29, 0.717) is 11.3 Å². The molecular weight excluding hydrogens is 238 g/mol. The highest BCUT2D eigenvalue weighted by Gasteiger charge is 2.17. The van der Waals surface area contributed by atoms with Crippen LogP contribution in [0.2, 0.25) is 0 Å². The van der Waals surface area contributed by atoms with Gasteiger partial charge in [0.2, 0.25) is 0 Å². The Hall–Kier alpha value is -2.03. The van der Waals surface area contributed by atoms with Gasteiger partial charge < -0.3 is 10.1 Å². The van der Waals surface area contributed by atoms with E-state index in [1.165, 1.54) is 0 Å². The minimum absolute atomic E-state index is 0.0806. The number of methoxy groups -OCH3 is 1. The van der Waals surface area contributed by atoms with E-state index < -0.39 is 0 Å². The SMILES string of the molecule is CC[C@@H](C)NC(=O)c1c(OC)ccc2ccccc12. The molecule has 0 saturated heterocycles. The van der Waals surface area contributed by atoms with E-state index in [4.69, 9.17) is 4.74 Å². The van der Waals surface area contributed by atoms with Crippen molar-refractivity contribution in [3.05, 3.63) is 42.0 Å². The van der Waals surface area contributed by atoms with Crippen molar-refractivity contribution in [2.45, 2.75) is 26.3 Å². The van der Waals surface area contributed by atoms with E-state index >= 15 is 0 Å². The molecule has 2 aromatic carbocycles. The minimum Gasteiger partial charge on any atom is -0.496 e. The van der Waals surface area contributed by atoms with Gasteiger partial charge in [-0.05, 0) is 30.2 Å².